The average Bonchev–Trinajstić information content (AvgIpc) is 2.75. The number of rotatable bonds is 4. The summed E-state index contributed by atoms with van der Waals surface area (Å²) in [6, 6.07) is 22.8. The van der Waals surface area contributed by atoms with E-state index in [9.17, 15) is 20.1 Å². The standard InChI is InChI=1S/C25H20O4/c26-21-10-6-19(7-11-21)24(20-8-12-22(27)13-9-20)14-16-25(17-15-24,23(28)29)18-4-2-1-3-5-18/h1-17,26-27H,(H,28,29). The molecule has 1 aliphatic carbocycles. The molecule has 1 aliphatic rings. The highest BCUT2D eigenvalue weighted by atomic mass is 16.4. The van der Waals surface area contributed by atoms with Gasteiger partial charge in [0.2, 0.25) is 0 Å². The monoisotopic (exact) mass is 384 g/mol. The molecule has 0 atom stereocenters. The molecule has 4 nitrogen and oxygen atoms in total. The summed E-state index contributed by atoms with van der Waals surface area (Å²) in [4.78, 5) is 12.3. The van der Waals surface area contributed by atoms with Gasteiger partial charge in [-0.15, -0.1) is 0 Å². The highest BCUT2D eigenvalue weighted by molar-refractivity contribution is 5.88. The Bertz CT molecular complexity index is 1020. The van der Waals surface area contributed by atoms with Crippen molar-refractivity contribution >= 4 is 5.97 Å². The van der Waals surface area contributed by atoms with E-state index < -0.39 is 16.8 Å². The number of hydrogen-bond acceptors (Lipinski definition) is 3. The molecule has 0 unspecified atom stereocenters. The van der Waals surface area contributed by atoms with Crippen LogP contribution in [-0.4, -0.2) is 21.3 Å². The average molecular weight is 384 g/mol. The molecule has 0 aliphatic heterocycles. The number of aromatic hydroxyl groups is 2. The predicted molar refractivity (Wildman–Crippen MR) is 111 cm³/mol. The first-order valence-electron chi connectivity index (χ1n) is 9.25. The van der Waals surface area contributed by atoms with E-state index in [0.29, 0.717) is 5.56 Å². The minimum atomic E-state index is -1.27. The van der Waals surface area contributed by atoms with Crippen molar-refractivity contribution in [2.45, 2.75) is 10.8 Å². The molecule has 3 N–H and O–H groups in total. The van der Waals surface area contributed by atoms with E-state index in [0.717, 1.165) is 11.1 Å². The van der Waals surface area contributed by atoms with E-state index in [1.807, 2.05) is 54.6 Å². The van der Waals surface area contributed by atoms with E-state index >= 15 is 0 Å². The van der Waals surface area contributed by atoms with Gasteiger partial charge in [-0.2, -0.15) is 0 Å². The van der Waals surface area contributed by atoms with Crippen LogP contribution >= 0.6 is 0 Å². The normalized spacial score (nSPS) is 16.4. The molecular formula is C25H20O4. The molecule has 29 heavy (non-hydrogen) atoms. The summed E-state index contributed by atoms with van der Waals surface area (Å²) in [6.45, 7) is 0. The fraction of sp³-hybridized carbons (Fsp3) is 0.0800. The van der Waals surface area contributed by atoms with E-state index in [1.54, 1.807) is 48.6 Å². The van der Waals surface area contributed by atoms with Crippen LogP contribution in [0.15, 0.2) is 103 Å². The first kappa shape index (κ1) is 18.6. The Kier molecular flexibility index (Phi) is 4.47. The van der Waals surface area contributed by atoms with Crippen LogP contribution in [0.3, 0.4) is 0 Å². The molecule has 4 heteroatoms. The zero-order valence-corrected chi connectivity index (χ0v) is 15.6. The third-order valence-electron chi connectivity index (χ3n) is 5.51. The number of carboxylic acids is 1. The number of phenolic OH excluding ortho intramolecular Hbond substituents is 2. The Labute approximate surface area is 168 Å². The van der Waals surface area contributed by atoms with Gasteiger partial charge >= 0.3 is 5.97 Å². The topological polar surface area (TPSA) is 77.8 Å². The number of allylic oxidation sites excluding steroid dienone is 2. The van der Waals surface area contributed by atoms with Crippen molar-refractivity contribution < 1.29 is 20.1 Å². The highest BCUT2D eigenvalue weighted by Crippen LogP contribution is 2.43. The molecule has 0 radical (unpaired) electrons. The molecule has 0 amide bonds. The van der Waals surface area contributed by atoms with Crippen molar-refractivity contribution in [3.05, 3.63) is 120 Å². The maximum absolute atomic E-state index is 12.3. The van der Waals surface area contributed by atoms with Gasteiger partial charge in [-0.3, -0.25) is 4.79 Å². The molecular weight excluding hydrogens is 364 g/mol. The minimum absolute atomic E-state index is 0.155. The molecule has 0 saturated heterocycles. The molecule has 0 heterocycles. The lowest BCUT2D eigenvalue weighted by Gasteiger charge is -2.36. The van der Waals surface area contributed by atoms with Gasteiger partial charge in [-0.05, 0) is 41.0 Å². The van der Waals surface area contributed by atoms with Crippen molar-refractivity contribution in [1.82, 2.24) is 0 Å². The van der Waals surface area contributed by atoms with E-state index in [4.69, 9.17) is 0 Å². The minimum Gasteiger partial charge on any atom is -0.508 e. The Hall–Kier alpha value is -3.79. The molecule has 4 rings (SSSR count). The summed E-state index contributed by atoms with van der Waals surface area (Å²) in [6.07, 6.45) is 7.19. The van der Waals surface area contributed by atoms with E-state index in [2.05, 4.69) is 0 Å². The number of hydrogen-bond donors (Lipinski definition) is 3. The summed E-state index contributed by atoms with van der Waals surface area (Å²) >= 11 is 0. The second-order valence-electron chi connectivity index (χ2n) is 7.17. The molecule has 3 aromatic carbocycles. The summed E-state index contributed by atoms with van der Waals surface area (Å²) in [7, 11) is 0. The van der Waals surface area contributed by atoms with Crippen molar-refractivity contribution in [3.63, 3.8) is 0 Å². The van der Waals surface area contributed by atoms with E-state index in [1.165, 1.54) is 0 Å². The summed E-state index contributed by atoms with van der Waals surface area (Å²) < 4.78 is 0. The van der Waals surface area contributed by atoms with Crippen LogP contribution < -0.4 is 0 Å². The molecule has 144 valence electrons. The smallest absolute Gasteiger partial charge is 0.321 e. The van der Waals surface area contributed by atoms with Gasteiger partial charge in [-0.25, -0.2) is 0 Å². The van der Waals surface area contributed by atoms with Crippen LogP contribution in [0.1, 0.15) is 16.7 Å². The quantitative estimate of drug-likeness (QED) is 0.578. The van der Waals surface area contributed by atoms with Crippen molar-refractivity contribution in [2.75, 3.05) is 0 Å². The van der Waals surface area contributed by atoms with Crippen LogP contribution in [0.5, 0.6) is 11.5 Å². The van der Waals surface area contributed by atoms with Crippen LogP contribution in [0.25, 0.3) is 0 Å². The number of carboxylic acid groups (broad SMARTS) is 1. The Balaban J connectivity index is 1.90. The lowest BCUT2D eigenvalue weighted by Crippen LogP contribution is -2.37. The van der Waals surface area contributed by atoms with Gasteiger partial charge in [0.15, 0.2) is 0 Å². The van der Waals surface area contributed by atoms with Gasteiger partial charge in [-0.1, -0.05) is 78.9 Å². The van der Waals surface area contributed by atoms with Crippen LogP contribution in [-0.2, 0) is 15.6 Å². The summed E-state index contributed by atoms with van der Waals surface area (Å²) in [5.74, 6) is -0.647. The van der Waals surface area contributed by atoms with Crippen LogP contribution in [0.4, 0.5) is 0 Å². The maximum atomic E-state index is 12.3. The van der Waals surface area contributed by atoms with E-state index in [-0.39, 0.29) is 11.5 Å². The zero-order chi connectivity index (χ0) is 20.5. The third-order valence-corrected chi connectivity index (χ3v) is 5.51. The maximum Gasteiger partial charge on any atom is 0.321 e. The molecule has 0 spiro atoms. The van der Waals surface area contributed by atoms with Crippen molar-refractivity contribution in [2.24, 2.45) is 0 Å². The first-order chi connectivity index (χ1) is 14.0. The van der Waals surface area contributed by atoms with Gasteiger partial charge in [0, 0.05) is 0 Å². The Morgan fingerprint density at radius 1 is 0.586 bits per heavy atom. The van der Waals surface area contributed by atoms with Crippen LogP contribution in [0.2, 0.25) is 0 Å². The van der Waals surface area contributed by atoms with Crippen molar-refractivity contribution in [1.29, 1.82) is 0 Å². The molecule has 0 saturated carbocycles. The SMILES string of the molecule is O=C(O)C1(c2ccccc2)C=CC(c2ccc(O)cc2)(c2ccc(O)cc2)C=C1. The number of carbonyl (C=O) groups is 1. The first-order valence-corrected chi connectivity index (χ1v) is 9.25. The largest absolute Gasteiger partial charge is 0.508 e. The molecule has 0 bridgehead atoms. The lowest BCUT2D eigenvalue weighted by atomic mass is 9.66. The molecule has 0 fully saturated rings. The highest BCUT2D eigenvalue weighted by Gasteiger charge is 2.42. The van der Waals surface area contributed by atoms with Crippen LogP contribution in [0, 0.1) is 0 Å². The molecule has 0 aromatic heterocycles. The zero-order valence-electron chi connectivity index (χ0n) is 15.6. The Morgan fingerprint density at radius 3 is 1.45 bits per heavy atom. The fourth-order valence-electron chi connectivity index (χ4n) is 3.84. The number of aliphatic carboxylic acids is 1. The number of phenols is 2. The van der Waals surface area contributed by atoms with Gasteiger partial charge < -0.3 is 15.3 Å². The second-order valence-corrected chi connectivity index (χ2v) is 7.17. The molecule has 3 aromatic rings. The third kappa shape index (κ3) is 3.09. The summed E-state index contributed by atoms with van der Waals surface area (Å²) in [5.41, 5.74) is 0.430. The number of benzene rings is 3. The lowest BCUT2D eigenvalue weighted by molar-refractivity contribution is -0.140. The predicted octanol–water partition coefficient (Wildman–Crippen LogP) is 4.53. The Morgan fingerprint density at radius 2 is 1.03 bits per heavy atom. The van der Waals surface area contributed by atoms with Gasteiger partial charge in [0.05, 0.1) is 5.41 Å². The van der Waals surface area contributed by atoms with Gasteiger partial charge in [0.25, 0.3) is 0 Å². The second kappa shape index (κ2) is 6.99. The van der Waals surface area contributed by atoms with Crippen molar-refractivity contribution in [3.8, 4) is 11.5 Å². The summed E-state index contributed by atoms with van der Waals surface area (Å²) in [5, 5.41) is 29.5. The fourth-order valence-corrected chi connectivity index (χ4v) is 3.84. The van der Waals surface area contributed by atoms with Gasteiger partial charge in [0.1, 0.15) is 16.9 Å².